The van der Waals surface area contributed by atoms with Crippen LogP contribution in [-0.4, -0.2) is 22.5 Å². The van der Waals surface area contributed by atoms with Gasteiger partial charge in [0.15, 0.2) is 0 Å². The summed E-state index contributed by atoms with van der Waals surface area (Å²) in [6.45, 7) is 0. The van der Waals surface area contributed by atoms with Gasteiger partial charge < -0.3 is 0 Å². The highest BCUT2D eigenvalue weighted by Gasteiger charge is 2.04. The molecule has 0 atom stereocenters. The normalized spacial score (nSPS) is 11.4. The minimum absolute atomic E-state index is 1.09. The molecule has 1 heterocycles. The molecule has 0 aliphatic carbocycles. The summed E-state index contributed by atoms with van der Waals surface area (Å²) in [7, 11) is -4.67. The van der Waals surface area contributed by atoms with E-state index in [1.54, 1.807) is 0 Å². The zero-order chi connectivity index (χ0) is 16.4. The summed E-state index contributed by atoms with van der Waals surface area (Å²) in [5, 5.41) is 6.16. The Labute approximate surface area is 132 Å². The molecule has 0 aliphatic heterocycles. The molecule has 0 spiro atoms. The van der Waals surface area contributed by atoms with E-state index in [0.29, 0.717) is 0 Å². The number of rotatable bonds is 0. The molecule has 116 valence electrons. The first-order valence-electron chi connectivity index (χ1n) is 6.78. The lowest BCUT2D eigenvalue weighted by atomic mass is 10.0. The number of pyridine rings is 1. The Morgan fingerprint density at radius 1 is 0.696 bits per heavy atom. The largest absolute Gasteiger partial charge is 0.394 e. The molecule has 0 unspecified atom stereocenters. The lowest BCUT2D eigenvalue weighted by molar-refractivity contribution is 0.381. The zero-order valence-electron chi connectivity index (χ0n) is 11.9. The number of nitrogens with zero attached hydrogens (tertiary/aromatic N) is 1. The predicted octanol–water partition coefficient (Wildman–Crippen LogP) is 3.89. The average molecular weight is 327 g/mol. The summed E-state index contributed by atoms with van der Waals surface area (Å²) >= 11 is 0. The summed E-state index contributed by atoms with van der Waals surface area (Å²) < 4.78 is 31.6. The van der Waals surface area contributed by atoms with Crippen molar-refractivity contribution in [1.29, 1.82) is 0 Å². The molecule has 1 aromatic heterocycles. The van der Waals surface area contributed by atoms with Crippen LogP contribution < -0.4 is 0 Å². The number of aromatic nitrogens is 1. The topological polar surface area (TPSA) is 87.5 Å². The van der Waals surface area contributed by atoms with E-state index in [1.165, 1.54) is 26.9 Å². The minimum Gasteiger partial charge on any atom is -0.264 e. The highest BCUT2D eigenvalue weighted by Crippen LogP contribution is 2.28. The number of hydrogen-bond donors (Lipinski definition) is 2. The van der Waals surface area contributed by atoms with Gasteiger partial charge in [0.2, 0.25) is 0 Å². The van der Waals surface area contributed by atoms with Crippen molar-refractivity contribution in [3.05, 3.63) is 66.9 Å². The molecule has 5 nitrogen and oxygen atoms in total. The third kappa shape index (κ3) is 3.45. The van der Waals surface area contributed by atoms with Crippen LogP contribution in [-0.2, 0) is 10.4 Å². The van der Waals surface area contributed by atoms with Crippen LogP contribution in [0.4, 0.5) is 0 Å². The van der Waals surface area contributed by atoms with Crippen molar-refractivity contribution >= 4 is 42.8 Å². The number of fused-ring (bicyclic) bond motifs is 5. The molecule has 6 heteroatoms. The van der Waals surface area contributed by atoms with Crippen LogP contribution >= 0.6 is 0 Å². The number of hydrogen-bond acceptors (Lipinski definition) is 3. The van der Waals surface area contributed by atoms with Crippen molar-refractivity contribution in [1.82, 2.24) is 4.98 Å². The first-order valence-corrected chi connectivity index (χ1v) is 8.18. The molecule has 0 bridgehead atoms. The van der Waals surface area contributed by atoms with E-state index in [-0.39, 0.29) is 0 Å². The zero-order valence-corrected chi connectivity index (χ0v) is 12.7. The van der Waals surface area contributed by atoms with E-state index >= 15 is 0 Å². The maximum absolute atomic E-state index is 8.74. The Kier molecular flexibility index (Phi) is 3.96. The number of benzene rings is 3. The van der Waals surface area contributed by atoms with Crippen LogP contribution in [0.15, 0.2) is 66.9 Å². The van der Waals surface area contributed by atoms with Crippen LogP contribution in [0.2, 0.25) is 0 Å². The van der Waals surface area contributed by atoms with E-state index in [1.807, 2.05) is 6.20 Å². The van der Waals surface area contributed by atoms with Crippen LogP contribution in [0.1, 0.15) is 0 Å². The van der Waals surface area contributed by atoms with Gasteiger partial charge in [-0.2, -0.15) is 8.42 Å². The lowest BCUT2D eigenvalue weighted by Crippen LogP contribution is -1.89. The Morgan fingerprint density at radius 2 is 1.26 bits per heavy atom. The molecule has 0 radical (unpaired) electrons. The molecule has 2 N–H and O–H groups in total. The molecule has 4 rings (SSSR count). The summed E-state index contributed by atoms with van der Waals surface area (Å²) in [4.78, 5) is 4.64. The van der Waals surface area contributed by atoms with E-state index in [9.17, 15) is 0 Å². The highest BCUT2D eigenvalue weighted by atomic mass is 32.3. The lowest BCUT2D eigenvalue weighted by Gasteiger charge is -2.06. The maximum atomic E-state index is 8.74. The van der Waals surface area contributed by atoms with Crippen LogP contribution in [0.3, 0.4) is 0 Å². The van der Waals surface area contributed by atoms with Crippen molar-refractivity contribution in [3.63, 3.8) is 0 Å². The van der Waals surface area contributed by atoms with Gasteiger partial charge in [-0.1, -0.05) is 60.7 Å². The molecule has 4 aromatic rings. The summed E-state index contributed by atoms with van der Waals surface area (Å²) in [6, 6.07) is 21.1. The second-order valence-corrected chi connectivity index (χ2v) is 5.87. The third-order valence-electron chi connectivity index (χ3n) is 3.48. The molecular formula is C17H13NO4S. The standard InChI is InChI=1S/C17H11N.H2O4S/c1-4-8-15-12(5-1)9-10-16-14-7-3-2-6-13(14)11-18-17(15)16;1-5(2,3)4/h1-11H;(H2,1,2,3,4). The third-order valence-corrected chi connectivity index (χ3v) is 3.48. The fourth-order valence-corrected chi connectivity index (χ4v) is 2.60. The first kappa shape index (κ1) is 15.4. The quantitative estimate of drug-likeness (QED) is 0.378. The molecule has 0 amide bonds. The summed E-state index contributed by atoms with van der Waals surface area (Å²) in [5.41, 5.74) is 1.09. The Bertz CT molecular complexity index is 1020. The summed E-state index contributed by atoms with van der Waals surface area (Å²) in [6.07, 6.45) is 1.96. The van der Waals surface area contributed by atoms with Gasteiger partial charge in [0, 0.05) is 22.4 Å². The monoisotopic (exact) mass is 327 g/mol. The second-order valence-electron chi connectivity index (χ2n) is 4.98. The molecule has 0 fully saturated rings. The maximum Gasteiger partial charge on any atom is 0.394 e. The molecule has 3 aromatic carbocycles. The summed E-state index contributed by atoms with van der Waals surface area (Å²) in [5.74, 6) is 0. The SMILES string of the molecule is O=S(=O)(O)O.c1ccc2c(c1)cnc1c3ccccc3ccc21. The van der Waals surface area contributed by atoms with E-state index in [4.69, 9.17) is 17.5 Å². The fraction of sp³-hybridized carbons (Fsp3) is 0. The van der Waals surface area contributed by atoms with Crippen molar-refractivity contribution in [3.8, 4) is 0 Å². The van der Waals surface area contributed by atoms with Gasteiger partial charge in [0.05, 0.1) is 5.52 Å². The van der Waals surface area contributed by atoms with Gasteiger partial charge in [-0.15, -0.1) is 0 Å². The van der Waals surface area contributed by atoms with E-state index in [2.05, 4.69) is 65.6 Å². The minimum atomic E-state index is -4.67. The second kappa shape index (κ2) is 5.92. The van der Waals surface area contributed by atoms with Crippen molar-refractivity contribution in [2.45, 2.75) is 0 Å². The molecule has 0 saturated heterocycles. The van der Waals surface area contributed by atoms with Crippen LogP contribution in [0.5, 0.6) is 0 Å². The van der Waals surface area contributed by atoms with Gasteiger partial charge in [0.1, 0.15) is 0 Å². The van der Waals surface area contributed by atoms with Crippen molar-refractivity contribution < 1.29 is 17.5 Å². The average Bonchev–Trinajstić information content (AvgIpc) is 2.52. The van der Waals surface area contributed by atoms with Crippen molar-refractivity contribution in [2.75, 3.05) is 0 Å². The van der Waals surface area contributed by atoms with Crippen LogP contribution in [0, 0.1) is 0 Å². The molecular weight excluding hydrogens is 314 g/mol. The van der Waals surface area contributed by atoms with Crippen LogP contribution in [0.25, 0.3) is 32.4 Å². The van der Waals surface area contributed by atoms with E-state index in [0.717, 1.165) is 5.52 Å². The van der Waals surface area contributed by atoms with Gasteiger partial charge in [-0.25, -0.2) is 0 Å². The Hall–Kier alpha value is -2.54. The van der Waals surface area contributed by atoms with E-state index < -0.39 is 10.4 Å². The predicted molar refractivity (Wildman–Crippen MR) is 90.9 cm³/mol. The van der Waals surface area contributed by atoms with Gasteiger partial charge >= 0.3 is 10.4 Å². The van der Waals surface area contributed by atoms with Gasteiger partial charge in [0.25, 0.3) is 0 Å². The Morgan fingerprint density at radius 3 is 1.96 bits per heavy atom. The highest BCUT2D eigenvalue weighted by molar-refractivity contribution is 7.79. The van der Waals surface area contributed by atoms with Gasteiger partial charge in [-0.05, 0) is 10.8 Å². The molecule has 0 aliphatic rings. The van der Waals surface area contributed by atoms with Crippen molar-refractivity contribution in [2.24, 2.45) is 0 Å². The molecule has 0 saturated carbocycles. The molecule has 23 heavy (non-hydrogen) atoms. The van der Waals surface area contributed by atoms with Gasteiger partial charge in [-0.3, -0.25) is 14.1 Å². The smallest absolute Gasteiger partial charge is 0.264 e. The fourth-order valence-electron chi connectivity index (χ4n) is 2.60. The Balaban J connectivity index is 0.000000276. The first-order chi connectivity index (χ1) is 10.9.